The molecule has 1 rings (SSSR count). The van der Waals surface area contributed by atoms with Crippen molar-refractivity contribution in [2.45, 2.75) is 12.8 Å². The van der Waals surface area contributed by atoms with Crippen molar-refractivity contribution >= 4 is 11.6 Å². The van der Waals surface area contributed by atoms with Crippen molar-refractivity contribution < 1.29 is 13.2 Å². The summed E-state index contributed by atoms with van der Waals surface area (Å²) in [6.07, 6.45) is -3.14. The van der Waals surface area contributed by atoms with Gasteiger partial charge in [-0.2, -0.15) is 5.26 Å². The Morgan fingerprint density at radius 1 is 1.57 bits per heavy atom. The van der Waals surface area contributed by atoms with Gasteiger partial charge in [0.15, 0.2) is 11.0 Å². The lowest BCUT2D eigenvalue weighted by atomic mass is 10.1. The zero-order chi connectivity index (χ0) is 10.7. The first-order chi connectivity index (χ1) is 6.56. The van der Waals surface area contributed by atoms with Crippen molar-refractivity contribution in [2.75, 3.05) is 0 Å². The second-order valence-corrected chi connectivity index (χ2v) is 2.80. The fourth-order valence-corrected chi connectivity index (χ4v) is 1.11. The SMILES string of the molecule is N#CCc1cc(C(F)F)nc(Cl)c1F. The van der Waals surface area contributed by atoms with Crippen LogP contribution in [0.2, 0.25) is 5.15 Å². The molecule has 0 aliphatic heterocycles. The number of hydrogen-bond acceptors (Lipinski definition) is 2. The Bertz CT molecular complexity index is 387. The number of aromatic nitrogens is 1. The fourth-order valence-electron chi connectivity index (χ4n) is 0.895. The van der Waals surface area contributed by atoms with Crippen molar-refractivity contribution in [3.8, 4) is 6.07 Å². The van der Waals surface area contributed by atoms with Crippen molar-refractivity contribution in [2.24, 2.45) is 0 Å². The standard InChI is InChI=1S/C8H4ClF3N2/c9-7-6(10)4(1-2-13)3-5(14-7)8(11)12/h3,8H,1H2. The van der Waals surface area contributed by atoms with E-state index in [2.05, 4.69) is 4.98 Å². The van der Waals surface area contributed by atoms with Crippen LogP contribution in [0.25, 0.3) is 0 Å². The van der Waals surface area contributed by atoms with Crippen molar-refractivity contribution in [1.82, 2.24) is 4.98 Å². The Morgan fingerprint density at radius 3 is 2.71 bits per heavy atom. The Morgan fingerprint density at radius 2 is 2.21 bits per heavy atom. The zero-order valence-corrected chi connectivity index (χ0v) is 7.52. The molecule has 1 aromatic heterocycles. The molecule has 0 aliphatic rings. The van der Waals surface area contributed by atoms with Crippen LogP contribution < -0.4 is 0 Å². The van der Waals surface area contributed by atoms with Gasteiger partial charge in [0.1, 0.15) is 5.69 Å². The van der Waals surface area contributed by atoms with Gasteiger partial charge in [0, 0.05) is 5.56 Å². The molecule has 0 atom stereocenters. The van der Waals surface area contributed by atoms with Crippen molar-refractivity contribution in [3.05, 3.63) is 28.3 Å². The van der Waals surface area contributed by atoms with Crippen molar-refractivity contribution in [3.63, 3.8) is 0 Å². The van der Waals surface area contributed by atoms with Crippen LogP contribution in [0.3, 0.4) is 0 Å². The van der Waals surface area contributed by atoms with E-state index in [1.165, 1.54) is 0 Å². The minimum absolute atomic E-state index is 0.164. The van der Waals surface area contributed by atoms with E-state index in [1.54, 1.807) is 6.07 Å². The van der Waals surface area contributed by atoms with Gasteiger partial charge in [-0.25, -0.2) is 18.2 Å². The average Bonchev–Trinajstić information content (AvgIpc) is 2.12. The summed E-state index contributed by atoms with van der Waals surface area (Å²) in [4.78, 5) is 3.15. The lowest BCUT2D eigenvalue weighted by Crippen LogP contribution is -1.98. The highest BCUT2D eigenvalue weighted by Crippen LogP contribution is 2.23. The molecule has 0 amide bonds. The van der Waals surface area contributed by atoms with E-state index in [-0.39, 0.29) is 12.0 Å². The molecule has 2 nitrogen and oxygen atoms in total. The monoisotopic (exact) mass is 220 g/mol. The van der Waals surface area contributed by atoms with Gasteiger partial charge in [0.05, 0.1) is 12.5 Å². The van der Waals surface area contributed by atoms with Gasteiger partial charge in [-0.05, 0) is 6.07 Å². The smallest absolute Gasteiger partial charge is 0.232 e. The normalized spacial score (nSPS) is 10.3. The molecule has 0 spiro atoms. The van der Waals surface area contributed by atoms with Crippen LogP contribution >= 0.6 is 11.6 Å². The van der Waals surface area contributed by atoms with Crippen LogP contribution in [0.5, 0.6) is 0 Å². The van der Waals surface area contributed by atoms with Crippen LogP contribution in [0, 0.1) is 17.1 Å². The first kappa shape index (κ1) is 10.8. The predicted molar refractivity (Wildman–Crippen MR) is 43.5 cm³/mol. The number of nitrogens with zero attached hydrogens (tertiary/aromatic N) is 2. The zero-order valence-electron chi connectivity index (χ0n) is 6.77. The first-order valence-corrected chi connectivity index (χ1v) is 3.94. The van der Waals surface area contributed by atoms with Crippen LogP contribution in [-0.4, -0.2) is 4.98 Å². The summed E-state index contributed by atoms with van der Waals surface area (Å²) in [7, 11) is 0. The number of hydrogen-bond donors (Lipinski definition) is 0. The fraction of sp³-hybridized carbons (Fsp3) is 0.250. The minimum Gasteiger partial charge on any atom is -0.232 e. The number of rotatable bonds is 2. The van der Waals surface area contributed by atoms with E-state index in [0.29, 0.717) is 0 Å². The van der Waals surface area contributed by atoms with E-state index in [0.717, 1.165) is 6.07 Å². The van der Waals surface area contributed by atoms with Crippen LogP contribution in [0.15, 0.2) is 6.07 Å². The van der Waals surface area contributed by atoms with Gasteiger partial charge in [-0.3, -0.25) is 0 Å². The average molecular weight is 221 g/mol. The molecule has 74 valence electrons. The van der Waals surface area contributed by atoms with Crippen LogP contribution in [0.4, 0.5) is 13.2 Å². The summed E-state index contributed by atoms with van der Waals surface area (Å²) in [5.41, 5.74) is -0.788. The summed E-state index contributed by atoms with van der Waals surface area (Å²) >= 11 is 5.27. The van der Waals surface area contributed by atoms with Gasteiger partial charge in [0.25, 0.3) is 6.43 Å². The summed E-state index contributed by atoms with van der Waals surface area (Å²) in [5.74, 6) is -0.919. The molecule has 14 heavy (non-hydrogen) atoms. The second kappa shape index (κ2) is 4.29. The minimum atomic E-state index is -2.83. The quantitative estimate of drug-likeness (QED) is 0.719. The predicted octanol–water partition coefficient (Wildman–Crippen LogP) is 2.88. The molecule has 0 radical (unpaired) electrons. The highest BCUT2D eigenvalue weighted by molar-refractivity contribution is 6.29. The Hall–Kier alpha value is -1.28. The molecule has 0 saturated carbocycles. The van der Waals surface area contributed by atoms with Gasteiger partial charge in [-0.1, -0.05) is 11.6 Å². The number of alkyl halides is 2. The highest BCUT2D eigenvalue weighted by Gasteiger charge is 2.16. The van der Waals surface area contributed by atoms with E-state index >= 15 is 0 Å². The topological polar surface area (TPSA) is 36.7 Å². The maximum Gasteiger partial charge on any atom is 0.280 e. The highest BCUT2D eigenvalue weighted by atomic mass is 35.5. The summed E-state index contributed by atoms with van der Waals surface area (Å²) < 4.78 is 37.4. The number of nitriles is 1. The van der Waals surface area contributed by atoms with Gasteiger partial charge in [-0.15, -0.1) is 0 Å². The largest absolute Gasteiger partial charge is 0.280 e. The van der Waals surface area contributed by atoms with Crippen LogP contribution in [0.1, 0.15) is 17.7 Å². The molecule has 0 saturated heterocycles. The molecule has 0 N–H and O–H groups in total. The maximum atomic E-state index is 13.0. The molecule has 0 aliphatic carbocycles. The summed E-state index contributed by atoms with van der Waals surface area (Å²) in [6.45, 7) is 0. The number of pyridine rings is 1. The van der Waals surface area contributed by atoms with Crippen molar-refractivity contribution in [1.29, 1.82) is 5.26 Å². The van der Waals surface area contributed by atoms with Gasteiger partial charge in [0.2, 0.25) is 0 Å². The third-order valence-electron chi connectivity index (χ3n) is 1.51. The van der Waals surface area contributed by atoms with Crippen LogP contribution in [-0.2, 0) is 6.42 Å². The lowest BCUT2D eigenvalue weighted by molar-refractivity contribution is 0.146. The molecule has 1 aromatic rings. The molecule has 0 unspecified atom stereocenters. The van der Waals surface area contributed by atoms with E-state index in [9.17, 15) is 13.2 Å². The lowest BCUT2D eigenvalue weighted by Gasteiger charge is -2.04. The van der Waals surface area contributed by atoms with E-state index in [4.69, 9.17) is 16.9 Å². The van der Waals surface area contributed by atoms with E-state index in [1.807, 2.05) is 0 Å². The van der Waals surface area contributed by atoms with Gasteiger partial charge >= 0.3 is 0 Å². The Kier molecular flexibility index (Phi) is 3.31. The third-order valence-corrected chi connectivity index (χ3v) is 1.76. The molecular weight excluding hydrogens is 217 g/mol. The van der Waals surface area contributed by atoms with Gasteiger partial charge < -0.3 is 0 Å². The molecule has 0 aromatic carbocycles. The molecular formula is C8H4ClF3N2. The second-order valence-electron chi connectivity index (χ2n) is 2.45. The van der Waals surface area contributed by atoms with E-state index < -0.39 is 23.1 Å². The Labute approximate surface area is 82.9 Å². The summed E-state index contributed by atoms with van der Waals surface area (Å²) in [6, 6.07) is 2.49. The summed E-state index contributed by atoms with van der Waals surface area (Å²) in [5, 5.41) is 7.67. The molecule has 0 bridgehead atoms. The maximum absolute atomic E-state index is 13.0. The Balaban J connectivity index is 3.22. The third kappa shape index (κ3) is 2.15. The molecule has 1 heterocycles. The molecule has 0 fully saturated rings. The molecule has 6 heteroatoms. The number of halogens is 4. The first-order valence-electron chi connectivity index (χ1n) is 3.56.